The van der Waals surface area contributed by atoms with Crippen molar-refractivity contribution in [3.63, 3.8) is 0 Å². The van der Waals surface area contributed by atoms with Crippen molar-refractivity contribution in [2.45, 2.75) is 20.1 Å². The molecule has 2 amide bonds. The van der Waals surface area contributed by atoms with Crippen molar-refractivity contribution in [1.29, 1.82) is 0 Å². The van der Waals surface area contributed by atoms with Gasteiger partial charge in [-0.05, 0) is 36.2 Å². The maximum atomic E-state index is 13.1. The van der Waals surface area contributed by atoms with Crippen molar-refractivity contribution in [2.24, 2.45) is 0 Å². The summed E-state index contributed by atoms with van der Waals surface area (Å²) in [5.41, 5.74) is 3.14. The van der Waals surface area contributed by atoms with Crippen LogP contribution in [0.5, 0.6) is 5.88 Å². The molecule has 3 rings (SSSR count). The van der Waals surface area contributed by atoms with Crippen LogP contribution in [0.4, 0.5) is 0 Å². The average Bonchev–Trinajstić information content (AvgIpc) is 2.81. The van der Waals surface area contributed by atoms with E-state index in [9.17, 15) is 9.59 Å². The van der Waals surface area contributed by atoms with Crippen molar-refractivity contribution in [3.8, 4) is 5.88 Å². The first-order valence-corrected chi connectivity index (χ1v) is 10.2. The van der Waals surface area contributed by atoms with E-state index in [4.69, 9.17) is 4.74 Å². The molecule has 0 atom stereocenters. The Kier molecular flexibility index (Phi) is 7.38. The zero-order chi connectivity index (χ0) is 22.2. The van der Waals surface area contributed by atoms with E-state index in [2.05, 4.69) is 4.98 Å². The number of rotatable bonds is 8. The fourth-order valence-corrected chi connectivity index (χ4v) is 3.09. The van der Waals surface area contributed by atoms with Crippen molar-refractivity contribution in [2.75, 3.05) is 20.6 Å². The summed E-state index contributed by atoms with van der Waals surface area (Å²) in [6.07, 6.45) is 1.59. The molecule has 2 aromatic carbocycles. The fourth-order valence-electron chi connectivity index (χ4n) is 3.09. The van der Waals surface area contributed by atoms with Crippen molar-refractivity contribution < 1.29 is 14.3 Å². The van der Waals surface area contributed by atoms with E-state index in [1.165, 1.54) is 4.90 Å². The molecule has 1 heterocycles. The zero-order valence-corrected chi connectivity index (χ0v) is 18.1. The van der Waals surface area contributed by atoms with Crippen LogP contribution in [0, 0.1) is 0 Å². The van der Waals surface area contributed by atoms with Crippen LogP contribution < -0.4 is 4.74 Å². The molecule has 0 fully saturated rings. The Bertz CT molecular complexity index is 1020. The summed E-state index contributed by atoms with van der Waals surface area (Å²) in [6, 6.07) is 20.5. The maximum Gasteiger partial charge on any atom is 0.254 e. The minimum Gasteiger partial charge on any atom is -0.473 e. The van der Waals surface area contributed by atoms with Crippen LogP contribution in [0.2, 0.25) is 0 Å². The Labute approximate surface area is 183 Å². The van der Waals surface area contributed by atoms with E-state index in [1.807, 2.05) is 49.4 Å². The molecule has 0 N–H and O–H groups in total. The smallest absolute Gasteiger partial charge is 0.254 e. The number of hydrogen-bond acceptors (Lipinski definition) is 4. The number of aromatic nitrogens is 1. The van der Waals surface area contributed by atoms with E-state index >= 15 is 0 Å². The van der Waals surface area contributed by atoms with Gasteiger partial charge in [-0.15, -0.1) is 0 Å². The molecule has 1 aromatic heterocycles. The summed E-state index contributed by atoms with van der Waals surface area (Å²) in [7, 11) is 3.44. The molecule has 0 spiro atoms. The van der Waals surface area contributed by atoms with Gasteiger partial charge in [-0.1, -0.05) is 42.5 Å². The topological polar surface area (TPSA) is 62.7 Å². The van der Waals surface area contributed by atoms with Gasteiger partial charge < -0.3 is 14.5 Å². The molecule has 31 heavy (non-hydrogen) atoms. The third kappa shape index (κ3) is 5.92. The first kappa shape index (κ1) is 22.0. The number of hydrogen-bond donors (Lipinski definition) is 0. The lowest BCUT2D eigenvalue weighted by Crippen LogP contribution is -2.30. The van der Waals surface area contributed by atoms with Crippen LogP contribution >= 0.6 is 0 Å². The summed E-state index contributed by atoms with van der Waals surface area (Å²) < 4.78 is 5.75. The molecule has 0 radical (unpaired) electrons. The highest BCUT2D eigenvalue weighted by Crippen LogP contribution is 2.16. The van der Waals surface area contributed by atoms with Crippen molar-refractivity contribution in [1.82, 2.24) is 14.8 Å². The second kappa shape index (κ2) is 10.4. The highest BCUT2D eigenvalue weighted by atomic mass is 16.5. The molecular formula is C25H27N3O3. The van der Waals surface area contributed by atoms with Crippen LogP contribution in [0.25, 0.3) is 0 Å². The molecule has 0 aliphatic heterocycles. The second-order valence-electron chi connectivity index (χ2n) is 7.37. The highest BCUT2D eigenvalue weighted by Gasteiger charge is 2.16. The van der Waals surface area contributed by atoms with Gasteiger partial charge >= 0.3 is 0 Å². The monoisotopic (exact) mass is 417 g/mol. The lowest BCUT2D eigenvalue weighted by atomic mass is 10.1. The molecule has 0 saturated heterocycles. The van der Waals surface area contributed by atoms with Gasteiger partial charge in [-0.3, -0.25) is 9.59 Å². The van der Waals surface area contributed by atoms with Crippen LogP contribution in [0.15, 0.2) is 72.9 Å². The molecule has 6 nitrogen and oxygen atoms in total. The van der Waals surface area contributed by atoms with Gasteiger partial charge in [0, 0.05) is 50.6 Å². The Balaban J connectivity index is 1.66. The third-order valence-electron chi connectivity index (χ3n) is 4.86. The summed E-state index contributed by atoms with van der Waals surface area (Å²) in [6.45, 7) is 3.34. The molecule has 0 aliphatic carbocycles. The number of ether oxygens (including phenoxy) is 1. The summed E-state index contributed by atoms with van der Waals surface area (Å²) >= 11 is 0. The number of benzene rings is 2. The molecular weight excluding hydrogens is 390 g/mol. The van der Waals surface area contributed by atoms with E-state index in [0.717, 1.165) is 11.1 Å². The molecule has 3 aromatic rings. The predicted molar refractivity (Wildman–Crippen MR) is 120 cm³/mol. The number of carbonyl (C=O) groups excluding carboxylic acids is 2. The fraction of sp³-hybridized carbons (Fsp3) is 0.240. The van der Waals surface area contributed by atoms with Crippen LogP contribution in [0.1, 0.15) is 38.8 Å². The number of pyridine rings is 1. The van der Waals surface area contributed by atoms with E-state index in [-0.39, 0.29) is 11.8 Å². The first-order valence-electron chi connectivity index (χ1n) is 10.2. The van der Waals surface area contributed by atoms with Gasteiger partial charge in [0.15, 0.2) is 0 Å². The van der Waals surface area contributed by atoms with Gasteiger partial charge in [-0.25, -0.2) is 4.98 Å². The molecule has 0 unspecified atom stereocenters. The molecule has 0 bridgehead atoms. The quantitative estimate of drug-likeness (QED) is 0.555. The Morgan fingerprint density at radius 1 is 0.871 bits per heavy atom. The Morgan fingerprint density at radius 3 is 2.23 bits per heavy atom. The maximum absolute atomic E-state index is 13.1. The Hall–Kier alpha value is -3.67. The minimum atomic E-state index is -0.0945. The van der Waals surface area contributed by atoms with Crippen LogP contribution in [-0.4, -0.2) is 47.2 Å². The SMILES string of the molecule is CCN(Cc1ccc(C(=O)N(C)C)cc1)C(=O)c1ccnc(OCc2ccccc2)c1. The number of amides is 2. The van der Waals surface area contributed by atoms with E-state index in [0.29, 0.717) is 36.7 Å². The average molecular weight is 418 g/mol. The standard InChI is InChI=1S/C25H27N3O3/c1-4-28(17-19-10-12-21(13-11-19)24(29)27(2)3)25(30)22-14-15-26-23(16-22)31-18-20-8-6-5-7-9-20/h5-16H,4,17-18H2,1-3H3. The molecule has 6 heteroatoms. The van der Waals surface area contributed by atoms with Crippen LogP contribution in [0.3, 0.4) is 0 Å². The van der Waals surface area contributed by atoms with Gasteiger partial charge in [0.05, 0.1) is 0 Å². The van der Waals surface area contributed by atoms with E-state index < -0.39 is 0 Å². The summed E-state index contributed by atoms with van der Waals surface area (Å²) in [5, 5.41) is 0. The zero-order valence-electron chi connectivity index (χ0n) is 18.1. The largest absolute Gasteiger partial charge is 0.473 e. The summed E-state index contributed by atoms with van der Waals surface area (Å²) in [4.78, 5) is 32.6. The van der Waals surface area contributed by atoms with Crippen molar-refractivity contribution >= 4 is 11.8 Å². The van der Waals surface area contributed by atoms with Gasteiger partial charge in [0.25, 0.3) is 11.8 Å². The summed E-state index contributed by atoms with van der Waals surface area (Å²) in [5.74, 6) is 0.273. The van der Waals surface area contributed by atoms with Crippen LogP contribution in [-0.2, 0) is 13.2 Å². The van der Waals surface area contributed by atoms with Gasteiger partial charge in [0.1, 0.15) is 6.61 Å². The predicted octanol–water partition coefficient (Wildman–Crippen LogP) is 4.02. The van der Waals surface area contributed by atoms with Crippen molar-refractivity contribution in [3.05, 3.63) is 95.2 Å². The Morgan fingerprint density at radius 2 is 1.58 bits per heavy atom. The second-order valence-corrected chi connectivity index (χ2v) is 7.37. The van der Waals surface area contributed by atoms with Gasteiger partial charge in [0.2, 0.25) is 5.88 Å². The minimum absolute atomic E-state index is 0.0465. The molecule has 0 aliphatic rings. The normalized spacial score (nSPS) is 10.4. The van der Waals surface area contributed by atoms with Gasteiger partial charge in [-0.2, -0.15) is 0 Å². The first-order chi connectivity index (χ1) is 15.0. The lowest BCUT2D eigenvalue weighted by molar-refractivity contribution is 0.0750. The number of carbonyl (C=O) groups is 2. The van der Waals surface area contributed by atoms with E-state index in [1.54, 1.807) is 49.5 Å². The lowest BCUT2D eigenvalue weighted by Gasteiger charge is -2.21. The number of nitrogens with zero attached hydrogens (tertiary/aromatic N) is 3. The highest BCUT2D eigenvalue weighted by molar-refractivity contribution is 5.95. The molecule has 0 saturated carbocycles. The molecule has 160 valence electrons. The third-order valence-corrected chi connectivity index (χ3v) is 4.86.